The number of methoxy groups -OCH3 is 2. The molecule has 1 N–H and O–H groups in total. The third kappa shape index (κ3) is 5.01. The standard InChI is InChI=1S/C25H24N4O4/c1-32-22-11-10-17(13-23(22)33-2)14-24(30)27-15-21-19-8-3-4-9-20(19)25(31)29(28-21)16-18-7-5-6-12-26-18/h3-13H,14-16H2,1-2H3,(H,27,30). The molecule has 168 valence electrons. The molecule has 33 heavy (non-hydrogen) atoms. The van der Waals surface area contributed by atoms with Gasteiger partial charge in [-0.1, -0.05) is 30.3 Å². The van der Waals surface area contributed by atoms with E-state index in [2.05, 4.69) is 15.4 Å². The Kier molecular flexibility index (Phi) is 6.64. The Balaban J connectivity index is 1.55. The summed E-state index contributed by atoms with van der Waals surface area (Å²) in [5.74, 6) is 1.00. The van der Waals surface area contributed by atoms with Gasteiger partial charge in [-0.25, -0.2) is 4.68 Å². The lowest BCUT2D eigenvalue weighted by Gasteiger charge is -2.12. The third-order valence-corrected chi connectivity index (χ3v) is 5.25. The number of ether oxygens (including phenoxy) is 2. The molecule has 2 heterocycles. The van der Waals surface area contributed by atoms with Crippen LogP contribution in [0.4, 0.5) is 0 Å². The third-order valence-electron chi connectivity index (χ3n) is 5.25. The summed E-state index contributed by atoms with van der Waals surface area (Å²) in [4.78, 5) is 29.9. The minimum atomic E-state index is -0.198. The molecule has 0 unspecified atom stereocenters. The molecule has 4 aromatic rings. The SMILES string of the molecule is COc1ccc(CC(=O)NCc2nn(Cc3ccccn3)c(=O)c3ccccc23)cc1OC. The molecule has 0 atom stereocenters. The predicted octanol–water partition coefficient (Wildman–Crippen LogP) is 2.72. The molecule has 2 aromatic heterocycles. The second kappa shape index (κ2) is 9.95. The Morgan fingerprint density at radius 3 is 2.45 bits per heavy atom. The summed E-state index contributed by atoms with van der Waals surface area (Å²) >= 11 is 0. The number of benzene rings is 2. The van der Waals surface area contributed by atoms with Crippen LogP contribution in [0.2, 0.25) is 0 Å². The molecular formula is C25H24N4O4. The zero-order chi connectivity index (χ0) is 23.2. The van der Waals surface area contributed by atoms with Gasteiger partial charge in [0.25, 0.3) is 5.56 Å². The molecule has 1 amide bonds. The van der Waals surface area contributed by atoms with E-state index in [4.69, 9.17) is 9.47 Å². The van der Waals surface area contributed by atoms with E-state index < -0.39 is 0 Å². The monoisotopic (exact) mass is 444 g/mol. The number of hydrogen-bond acceptors (Lipinski definition) is 6. The summed E-state index contributed by atoms with van der Waals surface area (Å²) in [5, 5.41) is 8.71. The van der Waals surface area contributed by atoms with E-state index in [-0.39, 0.29) is 31.0 Å². The fourth-order valence-corrected chi connectivity index (χ4v) is 3.61. The van der Waals surface area contributed by atoms with Gasteiger partial charge in [-0.15, -0.1) is 0 Å². The molecule has 0 spiro atoms. The maximum Gasteiger partial charge on any atom is 0.275 e. The molecule has 0 aliphatic carbocycles. The van der Waals surface area contributed by atoms with Crippen LogP contribution in [0.15, 0.2) is 71.7 Å². The number of hydrogen-bond donors (Lipinski definition) is 1. The number of carbonyl (C=O) groups is 1. The largest absolute Gasteiger partial charge is 0.493 e. The first kappa shape index (κ1) is 22.0. The first-order chi connectivity index (χ1) is 16.1. The molecule has 0 aliphatic rings. The van der Waals surface area contributed by atoms with Gasteiger partial charge in [0.2, 0.25) is 5.91 Å². The van der Waals surface area contributed by atoms with E-state index in [1.54, 1.807) is 38.6 Å². The van der Waals surface area contributed by atoms with Crippen molar-refractivity contribution in [3.8, 4) is 11.5 Å². The second-order valence-electron chi connectivity index (χ2n) is 7.42. The van der Waals surface area contributed by atoms with E-state index in [1.807, 2.05) is 42.5 Å². The molecule has 0 radical (unpaired) electrons. The van der Waals surface area contributed by atoms with E-state index in [9.17, 15) is 9.59 Å². The number of aromatic nitrogens is 3. The molecule has 4 rings (SSSR count). The number of rotatable bonds is 8. The van der Waals surface area contributed by atoms with Crippen LogP contribution < -0.4 is 20.3 Å². The van der Waals surface area contributed by atoms with E-state index in [1.165, 1.54) is 4.68 Å². The van der Waals surface area contributed by atoms with Crippen LogP contribution in [0.3, 0.4) is 0 Å². The van der Waals surface area contributed by atoms with Crippen LogP contribution in [-0.4, -0.2) is 34.9 Å². The Morgan fingerprint density at radius 2 is 1.73 bits per heavy atom. The average molecular weight is 444 g/mol. The van der Waals surface area contributed by atoms with Gasteiger partial charge in [-0.05, 0) is 35.9 Å². The molecule has 0 bridgehead atoms. The lowest BCUT2D eigenvalue weighted by atomic mass is 10.1. The minimum Gasteiger partial charge on any atom is -0.493 e. The van der Waals surface area contributed by atoms with Crippen molar-refractivity contribution in [2.45, 2.75) is 19.5 Å². The van der Waals surface area contributed by atoms with Crippen LogP contribution in [0.25, 0.3) is 10.8 Å². The van der Waals surface area contributed by atoms with Crippen LogP contribution in [-0.2, 0) is 24.3 Å². The highest BCUT2D eigenvalue weighted by atomic mass is 16.5. The number of nitrogens with zero attached hydrogens (tertiary/aromatic N) is 3. The van der Waals surface area contributed by atoms with Crippen LogP contribution in [0.5, 0.6) is 11.5 Å². The van der Waals surface area contributed by atoms with Crippen molar-refractivity contribution in [1.29, 1.82) is 0 Å². The van der Waals surface area contributed by atoms with Crippen LogP contribution in [0.1, 0.15) is 17.0 Å². The first-order valence-electron chi connectivity index (χ1n) is 10.5. The summed E-state index contributed by atoms with van der Waals surface area (Å²) in [6.07, 6.45) is 1.85. The molecule has 0 saturated carbocycles. The maximum absolute atomic E-state index is 12.9. The van der Waals surface area contributed by atoms with Gasteiger partial charge < -0.3 is 14.8 Å². The smallest absolute Gasteiger partial charge is 0.275 e. The van der Waals surface area contributed by atoms with Crippen molar-refractivity contribution in [3.05, 3.63) is 94.2 Å². The first-order valence-corrected chi connectivity index (χ1v) is 10.5. The highest BCUT2D eigenvalue weighted by molar-refractivity contribution is 5.84. The normalized spacial score (nSPS) is 10.7. The van der Waals surface area contributed by atoms with Gasteiger partial charge >= 0.3 is 0 Å². The number of carbonyl (C=O) groups excluding carboxylic acids is 1. The van der Waals surface area contributed by atoms with Gasteiger partial charge in [0.05, 0.1) is 50.5 Å². The summed E-state index contributed by atoms with van der Waals surface area (Å²) in [6, 6.07) is 18.2. The average Bonchev–Trinajstić information content (AvgIpc) is 2.85. The number of pyridine rings is 1. The van der Waals surface area contributed by atoms with E-state index in [0.29, 0.717) is 28.0 Å². The number of fused-ring (bicyclic) bond motifs is 1. The molecular weight excluding hydrogens is 420 g/mol. The van der Waals surface area contributed by atoms with Crippen molar-refractivity contribution in [3.63, 3.8) is 0 Å². The summed E-state index contributed by atoms with van der Waals surface area (Å²) in [6.45, 7) is 0.437. The number of amides is 1. The minimum absolute atomic E-state index is 0.171. The molecule has 2 aromatic carbocycles. The van der Waals surface area contributed by atoms with Gasteiger partial charge in [0.1, 0.15) is 0 Å². The highest BCUT2D eigenvalue weighted by Gasteiger charge is 2.13. The van der Waals surface area contributed by atoms with E-state index >= 15 is 0 Å². The Morgan fingerprint density at radius 1 is 0.970 bits per heavy atom. The van der Waals surface area contributed by atoms with E-state index in [0.717, 1.165) is 11.3 Å². The van der Waals surface area contributed by atoms with Crippen molar-refractivity contribution in [1.82, 2.24) is 20.1 Å². The van der Waals surface area contributed by atoms with Gasteiger partial charge in [-0.2, -0.15) is 5.10 Å². The zero-order valence-corrected chi connectivity index (χ0v) is 18.4. The maximum atomic E-state index is 12.9. The Labute approximate surface area is 190 Å². The molecule has 0 aliphatic heterocycles. The van der Waals surface area contributed by atoms with Crippen molar-refractivity contribution >= 4 is 16.7 Å². The highest BCUT2D eigenvalue weighted by Crippen LogP contribution is 2.27. The summed E-state index contributed by atoms with van der Waals surface area (Å²) < 4.78 is 11.9. The number of nitrogens with one attached hydrogen (secondary N) is 1. The van der Waals surface area contributed by atoms with Crippen molar-refractivity contribution in [2.24, 2.45) is 0 Å². The topological polar surface area (TPSA) is 95.3 Å². The predicted molar refractivity (Wildman–Crippen MR) is 124 cm³/mol. The van der Waals surface area contributed by atoms with Crippen LogP contribution in [0, 0.1) is 0 Å². The molecule has 8 heteroatoms. The Bertz CT molecular complexity index is 1340. The lowest BCUT2D eigenvalue weighted by molar-refractivity contribution is -0.120. The van der Waals surface area contributed by atoms with Gasteiger partial charge in [-0.3, -0.25) is 14.6 Å². The quantitative estimate of drug-likeness (QED) is 0.449. The molecule has 8 nitrogen and oxygen atoms in total. The summed E-state index contributed by atoms with van der Waals surface area (Å²) in [7, 11) is 3.12. The van der Waals surface area contributed by atoms with Crippen LogP contribution >= 0.6 is 0 Å². The zero-order valence-electron chi connectivity index (χ0n) is 18.4. The second-order valence-corrected chi connectivity index (χ2v) is 7.42. The van der Waals surface area contributed by atoms with Crippen molar-refractivity contribution in [2.75, 3.05) is 14.2 Å². The van der Waals surface area contributed by atoms with Gasteiger partial charge in [0, 0.05) is 11.6 Å². The lowest BCUT2D eigenvalue weighted by Crippen LogP contribution is -2.29. The fourth-order valence-electron chi connectivity index (χ4n) is 3.61. The Hall–Kier alpha value is -4.20. The van der Waals surface area contributed by atoms with Crippen molar-refractivity contribution < 1.29 is 14.3 Å². The van der Waals surface area contributed by atoms with Gasteiger partial charge in [0.15, 0.2) is 11.5 Å². The summed E-state index contributed by atoms with van der Waals surface area (Å²) in [5.41, 5.74) is 1.94. The molecule has 0 fully saturated rings. The fraction of sp³-hybridized carbons (Fsp3) is 0.200. The molecule has 0 saturated heterocycles.